The molecular formula is C22H18N4O6. The van der Waals surface area contributed by atoms with Crippen LogP contribution in [0.2, 0.25) is 0 Å². The Labute approximate surface area is 181 Å². The lowest BCUT2D eigenvalue weighted by Crippen LogP contribution is -2.24. The second-order valence-electron chi connectivity index (χ2n) is 7.15. The van der Waals surface area contributed by atoms with Crippen LogP contribution in [0.3, 0.4) is 0 Å². The number of anilines is 1. The summed E-state index contributed by atoms with van der Waals surface area (Å²) < 4.78 is 6.27. The fourth-order valence-corrected chi connectivity index (χ4v) is 3.33. The number of carbonyl (C=O) groups excluding carboxylic acids is 4. The Bertz CT molecular complexity index is 1330. The molecule has 3 aromatic rings. The number of aryl methyl sites for hydroxylation is 1. The van der Waals surface area contributed by atoms with Crippen molar-refractivity contribution in [3.8, 4) is 0 Å². The molecular weight excluding hydrogens is 416 g/mol. The highest BCUT2D eigenvalue weighted by Gasteiger charge is 2.32. The maximum absolute atomic E-state index is 12.4. The van der Waals surface area contributed by atoms with Gasteiger partial charge in [-0.15, -0.1) is 0 Å². The maximum atomic E-state index is 12.4. The number of ether oxygens (including phenoxy) is 1. The third-order valence-electron chi connectivity index (χ3n) is 5.03. The number of aromatic nitrogens is 2. The summed E-state index contributed by atoms with van der Waals surface area (Å²) in [6, 6.07) is 11.2. The molecule has 3 amide bonds. The smallest absolute Gasteiger partial charge is 0.308 e. The number of imide groups is 1. The van der Waals surface area contributed by atoms with E-state index in [0.717, 1.165) is 4.90 Å². The summed E-state index contributed by atoms with van der Waals surface area (Å²) in [7, 11) is 1.38. The van der Waals surface area contributed by atoms with Crippen molar-refractivity contribution in [1.82, 2.24) is 14.5 Å². The van der Waals surface area contributed by atoms with Crippen LogP contribution in [0, 0.1) is 0 Å². The molecule has 0 fully saturated rings. The molecule has 1 aromatic heterocycles. The van der Waals surface area contributed by atoms with Gasteiger partial charge in [0.2, 0.25) is 0 Å². The number of rotatable bonds is 6. The Hall–Kier alpha value is -4.34. The zero-order valence-corrected chi connectivity index (χ0v) is 17.0. The fourth-order valence-electron chi connectivity index (χ4n) is 3.33. The molecule has 0 atom stereocenters. The van der Waals surface area contributed by atoms with Gasteiger partial charge < -0.3 is 10.1 Å². The van der Waals surface area contributed by atoms with Gasteiger partial charge >= 0.3 is 5.97 Å². The Balaban J connectivity index is 1.30. The quantitative estimate of drug-likeness (QED) is 0.456. The Morgan fingerprint density at radius 3 is 2.59 bits per heavy atom. The summed E-state index contributed by atoms with van der Waals surface area (Å²) >= 11 is 0. The number of esters is 1. The summed E-state index contributed by atoms with van der Waals surface area (Å²) in [5.74, 6) is -2.12. The minimum atomic E-state index is -0.656. The molecule has 2 aromatic carbocycles. The zero-order valence-electron chi connectivity index (χ0n) is 17.0. The molecule has 1 aliphatic heterocycles. The van der Waals surface area contributed by atoms with Gasteiger partial charge in [0.15, 0.2) is 6.61 Å². The fraction of sp³-hybridized carbons (Fsp3) is 0.182. The first-order valence-corrected chi connectivity index (χ1v) is 9.71. The molecule has 0 unspecified atom stereocenters. The SMILES string of the molecule is CN1C(=O)c2ccc(NC(=O)COC(=O)CCn3cnc4ccccc4c3=O)cc2C1=O. The average Bonchev–Trinajstić information content (AvgIpc) is 3.01. The molecule has 162 valence electrons. The molecule has 10 heteroatoms. The van der Waals surface area contributed by atoms with Crippen molar-refractivity contribution in [2.75, 3.05) is 19.0 Å². The predicted molar refractivity (Wildman–Crippen MR) is 113 cm³/mol. The predicted octanol–water partition coefficient (Wildman–Crippen LogP) is 1.19. The van der Waals surface area contributed by atoms with Gasteiger partial charge in [0, 0.05) is 19.3 Å². The minimum Gasteiger partial charge on any atom is -0.456 e. The van der Waals surface area contributed by atoms with Crippen LogP contribution in [0.25, 0.3) is 10.9 Å². The molecule has 0 saturated carbocycles. The Morgan fingerprint density at radius 2 is 1.78 bits per heavy atom. The number of hydrogen-bond acceptors (Lipinski definition) is 7. The molecule has 4 rings (SSSR count). The topological polar surface area (TPSA) is 128 Å². The monoisotopic (exact) mass is 434 g/mol. The molecule has 0 aliphatic carbocycles. The normalized spacial score (nSPS) is 12.7. The number of fused-ring (bicyclic) bond motifs is 2. The minimum absolute atomic E-state index is 0.0611. The lowest BCUT2D eigenvalue weighted by atomic mass is 10.1. The number of benzene rings is 2. The maximum Gasteiger partial charge on any atom is 0.308 e. The van der Waals surface area contributed by atoms with E-state index in [0.29, 0.717) is 16.6 Å². The zero-order chi connectivity index (χ0) is 22.8. The van der Waals surface area contributed by atoms with Crippen molar-refractivity contribution in [3.63, 3.8) is 0 Å². The highest BCUT2D eigenvalue weighted by Crippen LogP contribution is 2.24. The highest BCUT2D eigenvalue weighted by atomic mass is 16.5. The third-order valence-corrected chi connectivity index (χ3v) is 5.03. The van der Waals surface area contributed by atoms with Crippen LogP contribution in [-0.2, 0) is 20.9 Å². The van der Waals surface area contributed by atoms with Crippen LogP contribution >= 0.6 is 0 Å². The van der Waals surface area contributed by atoms with E-state index in [1.165, 1.54) is 36.1 Å². The van der Waals surface area contributed by atoms with E-state index in [1.54, 1.807) is 24.3 Å². The first-order valence-electron chi connectivity index (χ1n) is 9.71. The average molecular weight is 434 g/mol. The van der Waals surface area contributed by atoms with Crippen molar-refractivity contribution in [2.24, 2.45) is 0 Å². The second kappa shape index (κ2) is 8.42. The third kappa shape index (κ3) is 3.97. The highest BCUT2D eigenvalue weighted by molar-refractivity contribution is 6.21. The number of amides is 3. The van der Waals surface area contributed by atoms with E-state index in [-0.39, 0.29) is 29.7 Å². The molecule has 0 radical (unpaired) electrons. The van der Waals surface area contributed by atoms with Crippen molar-refractivity contribution in [3.05, 3.63) is 70.3 Å². The van der Waals surface area contributed by atoms with Gasteiger partial charge in [0.1, 0.15) is 0 Å². The van der Waals surface area contributed by atoms with Gasteiger partial charge in [0.05, 0.1) is 34.8 Å². The molecule has 32 heavy (non-hydrogen) atoms. The van der Waals surface area contributed by atoms with Gasteiger partial charge in [-0.05, 0) is 30.3 Å². The first kappa shape index (κ1) is 20.9. The van der Waals surface area contributed by atoms with Crippen molar-refractivity contribution in [2.45, 2.75) is 13.0 Å². The number of nitrogens with zero attached hydrogens (tertiary/aromatic N) is 3. The van der Waals surface area contributed by atoms with Gasteiger partial charge in [-0.2, -0.15) is 0 Å². The first-order chi connectivity index (χ1) is 15.3. The summed E-state index contributed by atoms with van der Waals surface area (Å²) in [5, 5.41) is 2.96. The molecule has 0 bridgehead atoms. The molecule has 0 spiro atoms. The van der Waals surface area contributed by atoms with E-state index < -0.39 is 30.3 Å². The van der Waals surface area contributed by atoms with Gasteiger partial charge in [-0.1, -0.05) is 12.1 Å². The van der Waals surface area contributed by atoms with Gasteiger partial charge in [-0.25, -0.2) is 4.98 Å². The largest absolute Gasteiger partial charge is 0.456 e. The van der Waals surface area contributed by atoms with Crippen molar-refractivity contribution >= 4 is 40.3 Å². The van der Waals surface area contributed by atoms with Crippen LogP contribution in [0.4, 0.5) is 5.69 Å². The molecule has 1 N–H and O–H groups in total. The van der Waals surface area contributed by atoms with Crippen molar-refractivity contribution in [1.29, 1.82) is 0 Å². The lowest BCUT2D eigenvalue weighted by Gasteiger charge is -2.08. The van der Waals surface area contributed by atoms with E-state index in [9.17, 15) is 24.0 Å². The molecule has 0 saturated heterocycles. The second-order valence-corrected chi connectivity index (χ2v) is 7.15. The summed E-state index contributed by atoms with van der Waals surface area (Å²) in [4.78, 5) is 65.6. The van der Waals surface area contributed by atoms with Crippen molar-refractivity contribution < 1.29 is 23.9 Å². The summed E-state index contributed by atoms with van der Waals surface area (Å²) in [6.07, 6.45) is 1.25. The van der Waals surface area contributed by atoms with E-state index >= 15 is 0 Å². The number of carbonyl (C=O) groups is 4. The number of para-hydroxylation sites is 1. The van der Waals surface area contributed by atoms with Gasteiger partial charge in [-0.3, -0.25) is 33.4 Å². The molecule has 1 aliphatic rings. The van der Waals surface area contributed by atoms with E-state index in [4.69, 9.17) is 4.74 Å². The van der Waals surface area contributed by atoms with Crippen LogP contribution in [0.15, 0.2) is 53.6 Å². The Kier molecular flexibility index (Phi) is 5.50. The van der Waals surface area contributed by atoms with E-state index in [2.05, 4.69) is 10.3 Å². The standard InChI is InChI=1S/C22H18N4O6/c1-25-20(29)14-7-6-13(10-16(14)21(25)30)24-18(27)11-32-19(28)8-9-26-12-23-17-5-3-2-4-15(17)22(26)31/h2-7,10,12H,8-9,11H2,1H3,(H,24,27). The number of hydrogen-bond donors (Lipinski definition) is 1. The number of nitrogens with one attached hydrogen (secondary N) is 1. The van der Waals surface area contributed by atoms with Gasteiger partial charge in [0.25, 0.3) is 23.3 Å². The lowest BCUT2D eigenvalue weighted by molar-refractivity contribution is -0.147. The van der Waals surface area contributed by atoms with Crippen LogP contribution in [0.1, 0.15) is 27.1 Å². The Morgan fingerprint density at radius 1 is 1.03 bits per heavy atom. The molecule has 2 heterocycles. The van der Waals surface area contributed by atoms with E-state index in [1.807, 2.05) is 0 Å². The van der Waals surface area contributed by atoms with Crippen LogP contribution < -0.4 is 10.9 Å². The van der Waals surface area contributed by atoms with Crippen LogP contribution in [0.5, 0.6) is 0 Å². The summed E-state index contributed by atoms with van der Waals surface area (Å²) in [6.45, 7) is -0.473. The van der Waals surface area contributed by atoms with Crippen LogP contribution in [-0.4, -0.2) is 51.8 Å². The molecule has 10 nitrogen and oxygen atoms in total. The summed E-state index contributed by atoms with van der Waals surface area (Å²) in [5.41, 5.74) is 1.06.